The van der Waals surface area contributed by atoms with E-state index in [1.807, 2.05) is 50.4 Å². The SMILES string of the molecule is Cc1cc(COc2nn(C)c3cc(Nc4n[nH]c5cccnc45)ccc23)on1. The van der Waals surface area contributed by atoms with Gasteiger partial charge in [0.1, 0.15) is 5.52 Å². The molecule has 0 fully saturated rings. The van der Waals surface area contributed by atoms with Crippen LogP contribution in [0.25, 0.3) is 21.9 Å². The van der Waals surface area contributed by atoms with E-state index in [2.05, 4.69) is 30.8 Å². The number of ether oxygens (including phenoxy) is 1. The van der Waals surface area contributed by atoms with Crippen LogP contribution >= 0.6 is 0 Å². The van der Waals surface area contributed by atoms with Crippen molar-refractivity contribution in [1.29, 1.82) is 0 Å². The summed E-state index contributed by atoms with van der Waals surface area (Å²) in [4.78, 5) is 4.37. The Balaban J connectivity index is 1.42. The van der Waals surface area contributed by atoms with E-state index in [-0.39, 0.29) is 6.61 Å². The van der Waals surface area contributed by atoms with E-state index >= 15 is 0 Å². The van der Waals surface area contributed by atoms with Gasteiger partial charge in [0.2, 0.25) is 5.88 Å². The van der Waals surface area contributed by atoms with Crippen LogP contribution in [0.15, 0.2) is 47.1 Å². The summed E-state index contributed by atoms with van der Waals surface area (Å²) in [5.74, 6) is 1.88. The number of hydrogen-bond donors (Lipinski definition) is 2. The molecule has 5 aromatic rings. The zero-order valence-corrected chi connectivity index (χ0v) is 15.3. The molecular formula is C19H17N7O2. The second kappa shape index (κ2) is 6.38. The van der Waals surface area contributed by atoms with Crippen LogP contribution in [-0.4, -0.2) is 30.1 Å². The highest BCUT2D eigenvalue weighted by molar-refractivity contribution is 5.91. The fourth-order valence-electron chi connectivity index (χ4n) is 3.11. The Labute approximate surface area is 159 Å². The molecule has 2 N–H and O–H groups in total. The minimum Gasteiger partial charge on any atom is -0.468 e. The predicted molar refractivity (Wildman–Crippen MR) is 103 cm³/mol. The average molecular weight is 375 g/mol. The number of aromatic amines is 1. The molecule has 0 aliphatic heterocycles. The highest BCUT2D eigenvalue weighted by Crippen LogP contribution is 2.29. The van der Waals surface area contributed by atoms with Crippen LogP contribution in [0.4, 0.5) is 11.5 Å². The smallest absolute Gasteiger partial charge is 0.241 e. The van der Waals surface area contributed by atoms with E-state index in [9.17, 15) is 0 Å². The van der Waals surface area contributed by atoms with Crippen LogP contribution < -0.4 is 10.1 Å². The number of anilines is 2. The molecule has 0 bridgehead atoms. The number of aromatic nitrogens is 6. The molecule has 0 spiro atoms. The number of fused-ring (bicyclic) bond motifs is 2. The number of aryl methyl sites for hydroxylation is 2. The van der Waals surface area contributed by atoms with Crippen LogP contribution in [0, 0.1) is 6.92 Å². The molecular weight excluding hydrogens is 358 g/mol. The molecule has 4 aromatic heterocycles. The summed E-state index contributed by atoms with van der Waals surface area (Å²) in [7, 11) is 1.88. The first-order chi connectivity index (χ1) is 13.7. The number of nitrogens with zero attached hydrogens (tertiary/aromatic N) is 5. The van der Waals surface area contributed by atoms with Gasteiger partial charge in [0.05, 0.1) is 22.1 Å². The van der Waals surface area contributed by atoms with Crippen LogP contribution in [-0.2, 0) is 13.7 Å². The van der Waals surface area contributed by atoms with Gasteiger partial charge >= 0.3 is 0 Å². The Kier molecular flexibility index (Phi) is 3.71. The number of rotatable bonds is 5. The van der Waals surface area contributed by atoms with Gasteiger partial charge < -0.3 is 14.6 Å². The topological polar surface area (TPSA) is 107 Å². The second-order valence-corrected chi connectivity index (χ2v) is 6.48. The molecule has 140 valence electrons. The number of pyridine rings is 1. The van der Waals surface area contributed by atoms with Gasteiger partial charge in [0, 0.05) is 25.0 Å². The fourth-order valence-corrected chi connectivity index (χ4v) is 3.11. The Morgan fingerprint density at radius 1 is 1.25 bits per heavy atom. The van der Waals surface area contributed by atoms with Gasteiger partial charge in [0.15, 0.2) is 18.2 Å². The summed E-state index contributed by atoms with van der Waals surface area (Å²) in [6.07, 6.45) is 1.74. The molecule has 1 aromatic carbocycles. The van der Waals surface area contributed by atoms with E-state index in [4.69, 9.17) is 9.26 Å². The molecule has 0 radical (unpaired) electrons. The summed E-state index contributed by atoms with van der Waals surface area (Å²) in [6, 6.07) is 11.6. The number of nitrogens with one attached hydrogen (secondary N) is 2. The maximum Gasteiger partial charge on any atom is 0.241 e. The quantitative estimate of drug-likeness (QED) is 0.484. The lowest BCUT2D eigenvalue weighted by molar-refractivity contribution is 0.241. The van der Waals surface area contributed by atoms with Gasteiger partial charge in [-0.05, 0) is 37.3 Å². The predicted octanol–water partition coefficient (Wildman–Crippen LogP) is 3.46. The molecule has 9 heteroatoms. The molecule has 5 rings (SSSR count). The number of hydrogen-bond acceptors (Lipinski definition) is 7. The van der Waals surface area contributed by atoms with Crippen molar-refractivity contribution in [3.8, 4) is 5.88 Å². The molecule has 9 nitrogen and oxygen atoms in total. The monoisotopic (exact) mass is 375 g/mol. The number of benzene rings is 1. The maximum absolute atomic E-state index is 5.83. The molecule has 0 saturated carbocycles. The van der Waals surface area contributed by atoms with Crippen molar-refractivity contribution in [2.45, 2.75) is 13.5 Å². The summed E-state index contributed by atoms with van der Waals surface area (Å²) < 4.78 is 12.8. The summed E-state index contributed by atoms with van der Waals surface area (Å²) in [5, 5.41) is 19.8. The first-order valence-electron chi connectivity index (χ1n) is 8.75. The van der Waals surface area contributed by atoms with Crippen molar-refractivity contribution >= 4 is 33.4 Å². The number of H-pyrrole nitrogens is 1. The Hall–Kier alpha value is -3.88. The molecule has 0 saturated heterocycles. The van der Waals surface area contributed by atoms with Gasteiger partial charge in [-0.15, -0.1) is 5.10 Å². The zero-order valence-electron chi connectivity index (χ0n) is 15.3. The normalized spacial score (nSPS) is 11.4. The first kappa shape index (κ1) is 16.3. The molecule has 0 unspecified atom stereocenters. The lowest BCUT2D eigenvalue weighted by atomic mass is 10.2. The van der Waals surface area contributed by atoms with Crippen LogP contribution in [0.5, 0.6) is 5.88 Å². The fraction of sp³-hybridized carbons (Fsp3) is 0.158. The molecule has 0 aliphatic rings. The van der Waals surface area contributed by atoms with Crippen molar-refractivity contribution in [2.75, 3.05) is 5.32 Å². The van der Waals surface area contributed by atoms with Gasteiger partial charge in [-0.2, -0.15) is 5.10 Å². The van der Waals surface area contributed by atoms with E-state index in [0.29, 0.717) is 17.5 Å². The van der Waals surface area contributed by atoms with Crippen molar-refractivity contribution in [3.05, 3.63) is 54.0 Å². The van der Waals surface area contributed by atoms with E-state index in [1.165, 1.54) is 0 Å². The van der Waals surface area contributed by atoms with Crippen LogP contribution in [0.1, 0.15) is 11.5 Å². The van der Waals surface area contributed by atoms with Gasteiger partial charge in [-0.25, -0.2) is 0 Å². The molecule has 28 heavy (non-hydrogen) atoms. The Morgan fingerprint density at radius 2 is 2.18 bits per heavy atom. The van der Waals surface area contributed by atoms with Crippen LogP contribution in [0.2, 0.25) is 0 Å². The summed E-state index contributed by atoms with van der Waals surface area (Å²) in [5.41, 5.74) is 4.30. The van der Waals surface area contributed by atoms with Crippen molar-refractivity contribution in [1.82, 2.24) is 30.1 Å². The second-order valence-electron chi connectivity index (χ2n) is 6.48. The maximum atomic E-state index is 5.83. The largest absolute Gasteiger partial charge is 0.468 e. The lowest BCUT2D eigenvalue weighted by Gasteiger charge is -2.04. The van der Waals surface area contributed by atoms with Gasteiger partial charge in [-0.1, -0.05) is 5.16 Å². The third-order valence-electron chi connectivity index (χ3n) is 4.43. The zero-order chi connectivity index (χ0) is 19.1. The summed E-state index contributed by atoms with van der Waals surface area (Å²) in [6.45, 7) is 2.15. The Bertz CT molecular complexity index is 1280. The molecule has 0 aliphatic carbocycles. The van der Waals surface area contributed by atoms with E-state index in [0.717, 1.165) is 33.3 Å². The average Bonchev–Trinajstić information content (AvgIpc) is 3.39. The third-order valence-corrected chi connectivity index (χ3v) is 4.43. The minimum absolute atomic E-state index is 0.276. The highest BCUT2D eigenvalue weighted by Gasteiger charge is 2.13. The molecule has 4 heterocycles. The standard InChI is InChI=1S/C19H17N7O2/c1-11-8-13(28-25-11)10-27-19-14-6-5-12(9-16(14)26(2)24-19)21-18-17-15(22-23-18)4-3-7-20-17/h3-9H,10H2,1-2H3,(H2,21,22,23). The van der Waals surface area contributed by atoms with Crippen LogP contribution in [0.3, 0.4) is 0 Å². The minimum atomic E-state index is 0.276. The third kappa shape index (κ3) is 2.82. The highest BCUT2D eigenvalue weighted by atomic mass is 16.5. The van der Waals surface area contributed by atoms with Crippen molar-refractivity contribution in [3.63, 3.8) is 0 Å². The molecule has 0 amide bonds. The Morgan fingerprint density at radius 3 is 3.04 bits per heavy atom. The summed E-state index contributed by atoms with van der Waals surface area (Å²) >= 11 is 0. The van der Waals surface area contributed by atoms with Crippen molar-refractivity contribution < 1.29 is 9.26 Å². The van der Waals surface area contributed by atoms with E-state index < -0.39 is 0 Å². The van der Waals surface area contributed by atoms with Gasteiger partial charge in [0.25, 0.3) is 0 Å². The lowest BCUT2D eigenvalue weighted by Crippen LogP contribution is -1.96. The van der Waals surface area contributed by atoms with Gasteiger partial charge in [-0.3, -0.25) is 14.8 Å². The van der Waals surface area contributed by atoms with E-state index in [1.54, 1.807) is 10.9 Å². The molecule has 0 atom stereocenters. The first-order valence-corrected chi connectivity index (χ1v) is 8.75. The van der Waals surface area contributed by atoms with Crippen molar-refractivity contribution in [2.24, 2.45) is 7.05 Å².